The van der Waals surface area contributed by atoms with E-state index in [-0.39, 0.29) is 5.60 Å². The second-order valence-corrected chi connectivity index (χ2v) is 4.06. The highest BCUT2D eigenvalue weighted by Gasteiger charge is 2.12. The number of halogens is 1. The van der Waals surface area contributed by atoms with Crippen molar-refractivity contribution in [2.75, 3.05) is 0 Å². The molecule has 0 atom stereocenters. The van der Waals surface area contributed by atoms with Crippen LogP contribution in [0.15, 0.2) is 18.2 Å². The molecule has 1 rings (SSSR count). The van der Waals surface area contributed by atoms with E-state index in [1.807, 2.05) is 20.8 Å². The van der Waals surface area contributed by atoms with E-state index in [9.17, 15) is 4.39 Å². The van der Waals surface area contributed by atoms with Crippen LogP contribution in [-0.4, -0.2) is 10.7 Å². The Bertz CT molecular complexity index is 316. The smallest absolute Gasteiger partial charge is 0.127 e. The van der Waals surface area contributed by atoms with E-state index < -0.39 is 5.82 Å². The molecular formula is C11H14FO2. The normalized spacial score (nSPS) is 11.5. The van der Waals surface area contributed by atoms with Gasteiger partial charge in [-0.15, -0.1) is 0 Å². The SMILES string of the molecule is CC(C)(C)Oc1cc(F)cc([CH]O)c1. The van der Waals surface area contributed by atoms with Gasteiger partial charge in [0.25, 0.3) is 0 Å². The van der Waals surface area contributed by atoms with Crippen molar-refractivity contribution < 1.29 is 14.2 Å². The van der Waals surface area contributed by atoms with Gasteiger partial charge >= 0.3 is 0 Å². The molecule has 1 radical (unpaired) electrons. The van der Waals surface area contributed by atoms with Crippen LogP contribution in [0.3, 0.4) is 0 Å². The molecule has 14 heavy (non-hydrogen) atoms. The first-order valence-corrected chi connectivity index (χ1v) is 4.38. The zero-order valence-corrected chi connectivity index (χ0v) is 8.54. The molecule has 1 N–H and O–H groups in total. The highest BCUT2D eigenvalue weighted by atomic mass is 19.1. The fourth-order valence-corrected chi connectivity index (χ4v) is 1.07. The molecule has 0 aliphatic rings. The Morgan fingerprint density at radius 1 is 1.29 bits per heavy atom. The molecule has 0 aliphatic carbocycles. The fourth-order valence-electron chi connectivity index (χ4n) is 1.07. The number of aliphatic hydroxyl groups excluding tert-OH is 1. The van der Waals surface area contributed by atoms with Gasteiger partial charge in [0.1, 0.15) is 23.8 Å². The Morgan fingerprint density at radius 3 is 2.43 bits per heavy atom. The maximum absolute atomic E-state index is 13.0. The summed E-state index contributed by atoms with van der Waals surface area (Å²) in [7, 11) is 0. The number of benzene rings is 1. The predicted molar refractivity (Wildman–Crippen MR) is 52.1 cm³/mol. The summed E-state index contributed by atoms with van der Waals surface area (Å²) in [6.07, 6.45) is 0. The highest BCUT2D eigenvalue weighted by Crippen LogP contribution is 2.21. The molecule has 1 aromatic carbocycles. The first-order valence-electron chi connectivity index (χ1n) is 4.38. The van der Waals surface area contributed by atoms with Crippen LogP contribution in [0.1, 0.15) is 26.3 Å². The quantitative estimate of drug-likeness (QED) is 0.789. The lowest BCUT2D eigenvalue weighted by molar-refractivity contribution is 0.130. The summed E-state index contributed by atoms with van der Waals surface area (Å²) in [6, 6.07) is 4.10. The van der Waals surface area contributed by atoms with Crippen molar-refractivity contribution in [1.29, 1.82) is 0 Å². The molecule has 1 aromatic rings. The lowest BCUT2D eigenvalue weighted by Crippen LogP contribution is -2.23. The number of hydrogen-bond acceptors (Lipinski definition) is 2. The van der Waals surface area contributed by atoms with Gasteiger partial charge in [0, 0.05) is 6.07 Å². The Kier molecular flexibility index (Phi) is 3.11. The molecule has 0 aliphatic heterocycles. The average molecular weight is 197 g/mol. The molecule has 0 bridgehead atoms. The predicted octanol–water partition coefficient (Wildman–Crippen LogP) is 2.89. The van der Waals surface area contributed by atoms with Crippen molar-refractivity contribution in [3.8, 4) is 5.75 Å². The molecule has 2 nitrogen and oxygen atoms in total. The van der Waals surface area contributed by atoms with Gasteiger partial charge in [-0.2, -0.15) is 0 Å². The lowest BCUT2D eigenvalue weighted by Gasteiger charge is -2.21. The molecule has 0 unspecified atom stereocenters. The summed E-state index contributed by atoms with van der Waals surface area (Å²) in [4.78, 5) is 0. The van der Waals surface area contributed by atoms with Crippen molar-refractivity contribution in [2.45, 2.75) is 26.4 Å². The summed E-state index contributed by atoms with van der Waals surface area (Å²) >= 11 is 0. The van der Waals surface area contributed by atoms with Crippen molar-refractivity contribution in [3.05, 3.63) is 36.2 Å². The minimum absolute atomic E-state index is 0.374. The van der Waals surface area contributed by atoms with Crippen LogP contribution in [0.25, 0.3) is 0 Å². The summed E-state index contributed by atoms with van der Waals surface area (Å²) in [5.74, 6) is -0.00940. The van der Waals surface area contributed by atoms with E-state index in [0.717, 1.165) is 6.61 Å². The lowest BCUT2D eigenvalue weighted by atomic mass is 10.1. The second kappa shape index (κ2) is 3.96. The summed E-state index contributed by atoms with van der Waals surface area (Å²) in [5.41, 5.74) is 0.0183. The topological polar surface area (TPSA) is 29.5 Å². The van der Waals surface area contributed by atoms with Gasteiger partial charge in [-0.1, -0.05) is 0 Å². The summed E-state index contributed by atoms with van der Waals surface area (Å²) < 4.78 is 18.4. The van der Waals surface area contributed by atoms with Crippen molar-refractivity contribution in [2.24, 2.45) is 0 Å². The molecule has 0 saturated heterocycles. The first-order chi connectivity index (χ1) is 6.40. The van der Waals surface area contributed by atoms with Gasteiger partial charge in [0.2, 0.25) is 0 Å². The molecule has 0 saturated carbocycles. The van der Waals surface area contributed by atoms with Crippen molar-refractivity contribution in [1.82, 2.24) is 0 Å². The van der Waals surface area contributed by atoms with Crippen LogP contribution in [0.4, 0.5) is 4.39 Å². The molecule has 0 fully saturated rings. The fraction of sp³-hybridized carbons (Fsp3) is 0.364. The standard InChI is InChI=1S/C11H14FO2/c1-11(2,3)14-10-5-8(7-13)4-9(12)6-10/h4-7,13H,1-3H3. The summed E-state index contributed by atoms with van der Waals surface area (Å²) in [5, 5.41) is 8.74. The Labute approximate surface area is 83.3 Å². The first kappa shape index (κ1) is 11.0. The Morgan fingerprint density at radius 2 is 1.93 bits per heavy atom. The minimum atomic E-state index is -0.424. The monoisotopic (exact) mass is 197 g/mol. The maximum Gasteiger partial charge on any atom is 0.127 e. The number of aliphatic hydroxyl groups is 1. The third kappa shape index (κ3) is 3.34. The van der Waals surface area contributed by atoms with Crippen LogP contribution in [-0.2, 0) is 0 Å². The Balaban J connectivity index is 2.92. The zero-order valence-electron chi connectivity index (χ0n) is 8.54. The van der Waals surface area contributed by atoms with E-state index in [1.54, 1.807) is 6.07 Å². The third-order valence-corrected chi connectivity index (χ3v) is 1.47. The van der Waals surface area contributed by atoms with Crippen LogP contribution in [0.5, 0.6) is 5.75 Å². The van der Waals surface area contributed by atoms with E-state index in [0.29, 0.717) is 11.3 Å². The number of ether oxygens (including phenoxy) is 1. The third-order valence-electron chi connectivity index (χ3n) is 1.47. The highest BCUT2D eigenvalue weighted by molar-refractivity contribution is 5.32. The van der Waals surface area contributed by atoms with Gasteiger partial charge < -0.3 is 9.84 Å². The average Bonchev–Trinajstić information content (AvgIpc) is 1.99. The van der Waals surface area contributed by atoms with Gasteiger partial charge in [-0.05, 0) is 38.5 Å². The van der Waals surface area contributed by atoms with Crippen molar-refractivity contribution >= 4 is 0 Å². The van der Waals surface area contributed by atoms with Gasteiger partial charge in [-0.25, -0.2) is 4.39 Å². The van der Waals surface area contributed by atoms with Gasteiger partial charge in [-0.3, -0.25) is 0 Å². The van der Waals surface area contributed by atoms with Gasteiger partial charge in [0.15, 0.2) is 0 Å². The zero-order chi connectivity index (χ0) is 10.8. The van der Waals surface area contributed by atoms with E-state index in [1.165, 1.54) is 12.1 Å². The molecule has 77 valence electrons. The minimum Gasteiger partial charge on any atom is -0.488 e. The largest absolute Gasteiger partial charge is 0.488 e. The number of rotatable bonds is 2. The molecular weight excluding hydrogens is 183 g/mol. The molecule has 0 spiro atoms. The molecule has 0 aromatic heterocycles. The summed E-state index contributed by atoms with van der Waals surface area (Å²) in [6.45, 7) is 6.47. The molecule has 0 amide bonds. The number of hydrogen-bond donors (Lipinski definition) is 1. The van der Waals surface area contributed by atoms with E-state index >= 15 is 0 Å². The molecule has 0 heterocycles. The van der Waals surface area contributed by atoms with Gasteiger partial charge in [0.05, 0.1) is 0 Å². The van der Waals surface area contributed by atoms with E-state index in [4.69, 9.17) is 9.84 Å². The van der Waals surface area contributed by atoms with Crippen LogP contribution in [0, 0.1) is 12.4 Å². The maximum atomic E-state index is 13.0. The second-order valence-electron chi connectivity index (χ2n) is 4.06. The molecule has 3 heteroatoms. The van der Waals surface area contributed by atoms with E-state index in [2.05, 4.69) is 0 Å². The Hall–Kier alpha value is -1.09. The van der Waals surface area contributed by atoms with Crippen LogP contribution in [0.2, 0.25) is 0 Å². The van der Waals surface area contributed by atoms with Crippen LogP contribution < -0.4 is 4.74 Å². The van der Waals surface area contributed by atoms with Crippen LogP contribution >= 0.6 is 0 Å². The van der Waals surface area contributed by atoms with Crippen molar-refractivity contribution in [3.63, 3.8) is 0 Å².